The van der Waals surface area contributed by atoms with Gasteiger partial charge in [-0.3, -0.25) is 0 Å². The molecule has 1 aromatic carbocycles. The van der Waals surface area contributed by atoms with E-state index in [2.05, 4.69) is 0 Å². The average Bonchev–Trinajstić information content (AvgIpc) is 2.67. The first-order valence-electron chi connectivity index (χ1n) is 5.76. The Morgan fingerprint density at radius 1 is 1.26 bits per heavy atom. The molecule has 6 heteroatoms. The van der Waals surface area contributed by atoms with E-state index in [4.69, 9.17) is 5.11 Å². The van der Waals surface area contributed by atoms with E-state index in [1.165, 1.54) is 6.20 Å². The van der Waals surface area contributed by atoms with Gasteiger partial charge in [-0.05, 0) is 12.5 Å². The molecular weight excluding hydrogens is 259 g/mol. The van der Waals surface area contributed by atoms with Gasteiger partial charge in [-0.2, -0.15) is 13.2 Å². The number of rotatable bonds is 4. The number of para-hydroxylation sites is 1. The number of alkyl halides is 3. The number of halogens is 3. The van der Waals surface area contributed by atoms with Crippen molar-refractivity contribution in [1.82, 2.24) is 4.57 Å². The lowest BCUT2D eigenvalue weighted by Gasteiger charge is -2.07. The van der Waals surface area contributed by atoms with Gasteiger partial charge in [0.2, 0.25) is 0 Å². The van der Waals surface area contributed by atoms with Gasteiger partial charge < -0.3 is 9.67 Å². The molecule has 0 bridgehead atoms. The molecule has 0 aliphatic carbocycles. The second-order valence-electron chi connectivity index (χ2n) is 4.28. The minimum Gasteiger partial charge on any atom is -0.478 e. The summed E-state index contributed by atoms with van der Waals surface area (Å²) in [5.41, 5.74) is 0.754. The summed E-state index contributed by atoms with van der Waals surface area (Å²) in [6, 6.07) is 6.79. The summed E-state index contributed by atoms with van der Waals surface area (Å²) >= 11 is 0. The molecule has 0 saturated carbocycles. The highest BCUT2D eigenvalue weighted by Crippen LogP contribution is 2.25. The summed E-state index contributed by atoms with van der Waals surface area (Å²) in [5.74, 6) is -1.08. The first-order valence-corrected chi connectivity index (χ1v) is 5.76. The topological polar surface area (TPSA) is 42.2 Å². The minimum absolute atomic E-state index is 0.0682. The number of carboxylic acids is 1. The van der Waals surface area contributed by atoms with Crippen molar-refractivity contribution < 1.29 is 23.1 Å². The highest BCUT2D eigenvalue weighted by Gasteiger charge is 2.26. The molecular formula is C13H12F3NO2. The van der Waals surface area contributed by atoms with Crippen molar-refractivity contribution in [2.45, 2.75) is 25.6 Å². The Bertz CT molecular complexity index is 601. The summed E-state index contributed by atoms with van der Waals surface area (Å²) in [7, 11) is 0. The van der Waals surface area contributed by atoms with E-state index in [9.17, 15) is 18.0 Å². The van der Waals surface area contributed by atoms with E-state index >= 15 is 0 Å². The number of carbonyl (C=O) groups is 1. The molecule has 0 spiro atoms. The van der Waals surface area contributed by atoms with E-state index < -0.39 is 18.6 Å². The molecule has 19 heavy (non-hydrogen) atoms. The van der Waals surface area contributed by atoms with Crippen LogP contribution in [0, 0.1) is 0 Å². The van der Waals surface area contributed by atoms with Gasteiger partial charge in [-0.15, -0.1) is 0 Å². The van der Waals surface area contributed by atoms with Gasteiger partial charge in [0, 0.05) is 30.1 Å². The molecule has 3 nitrogen and oxygen atoms in total. The van der Waals surface area contributed by atoms with Crippen LogP contribution in [0.1, 0.15) is 23.2 Å². The number of carboxylic acid groups (broad SMARTS) is 1. The third kappa shape index (κ3) is 3.07. The van der Waals surface area contributed by atoms with Gasteiger partial charge in [0.15, 0.2) is 0 Å². The Labute approximate surface area is 107 Å². The number of hydrogen-bond donors (Lipinski definition) is 1. The number of aromatic nitrogens is 1. The van der Waals surface area contributed by atoms with Crippen LogP contribution in [0.15, 0.2) is 30.5 Å². The van der Waals surface area contributed by atoms with Crippen molar-refractivity contribution >= 4 is 16.9 Å². The zero-order chi connectivity index (χ0) is 14.0. The molecule has 1 N–H and O–H groups in total. The van der Waals surface area contributed by atoms with Crippen molar-refractivity contribution in [3.8, 4) is 0 Å². The zero-order valence-corrected chi connectivity index (χ0v) is 9.94. The summed E-state index contributed by atoms with van der Waals surface area (Å²) in [6.45, 7) is 0.146. The molecule has 0 unspecified atom stereocenters. The largest absolute Gasteiger partial charge is 0.478 e. The zero-order valence-electron chi connectivity index (χ0n) is 9.94. The van der Waals surface area contributed by atoms with E-state index in [0.717, 1.165) is 0 Å². The summed E-state index contributed by atoms with van der Waals surface area (Å²) < 4.78 is 37.9. The second kappa shape index (κ2) is 4.95. The van der Waals surface area contributed by atoms with E-state index in [1.54, 1.807) is 28.8 Å². The van der Waals surface area contributed by atoms with Crippen LogP contribution >= 0.6 is 0 Å². The molecule has 0 aliphatic heterocycles. The maximum atomic E-state index is 12.1. The third-order valence-electron chi connectivity index (χ3n) is 2.88. The first kappa shape index (κ1) is 13.5. The lowest BCUT2D eigenvalue weighted by molar-refractivity contribution is -0.135. The highest BCUT2D eigenvalue weighted by molar-refractivity contribution is 6.03. The molecule has 0 fully saturated rings. The molecule has 0 saturated heterocycles. The second-order valence-corrected chi connectivity index (χ2v) is 4.28. The van der Waals surface area contributed by atoms with Crippen molar-refractivity contribution in [3.63, 3.8) is 0 Å². The predicted octanol–water partition coefficient (Wildman–Crippen LogP) is 3.68. The van der Waals surface area contributed by atoms with Crippen LogP contribution in [-0.4, -0.2) is 21.8 Å². The summed E-state index contributed by atoms with van der Waals surface area (Å²) in [4.78, 5) is 11.1. The molecule has 102 valence electrons. The van der Waals surface area contributed by atoms with Gasteiger partial charge in [0.1, 0.15) is 0 Å². The van der Waals surface area contributed by atoms with Gasteiger partial charge in [0.25, 0.3) is 0 Å². The summed E-state index contributed by atoms with van der Waals surface area (Å²) in [5, 5.41) is 9.60. The lowest BCUT2D eigenvalue weighted by atomic mass is 10.2. The van der Waals surface area contributed by atoms with Crippen LogP contribution in [-0.2, 0) is 6.54 Å². The van der Waals surface area contributed by atoms with Crippen molar-refractivity contribution in [2.24, 2.45) is 0 Å². The average molecular weight is 271 g/mol. The van der Waals surface area contributed by atoms with E-state index in [-0.39, 0.29) is 18.5 Å². The standard InChI is InChI=1S/C13H12F3NO2/c14-13(15,16)6-3-7-17-8-10(12(18)19)9-4-1-2-5-11(9)17/h1-2,4-5,8H,3,6-7H2,(H,18,19). The van der Waals surface area contributed by atoms with Gasteiger partial charge in [-0.25, -0.2) is 4.79 Å². The van der Waals surface area contributed by atoms with Crippen LogP contribution in [0.2, 0.25) is 0 Å². The normalized spacial score (nSPS) is 11.9. The quantitative estimate of drug-likeness (QED) is 0.921. The number of benzene rings is 1. The SMILES string of the molecule is O=C(O)c1cn(CCCC(F)(F)F)c2ccccc12. The van der Waals surface area contributed by atoms with Crippen LogP contribution in [0.5, 0.6) is 0 Å². The fraction of sp³-hybridized carbons (Fsp3) is 0.308. The maximum Gasteiger partial charge on any atom is 0.389 e. The molecule has 2 rings (SSSR count). The van der Waals surface area contributed by atoms with E-state index in [0.29, 0.717) is 10.9 Å². The van der Waals surface area contributed by atoms with Gasteiger partial charge in [0.05, 0.1) is 5.56 Å². The fourth-order valence-electron chi connectivity index (χ4n) is 2.05. The van der Waals surface area contributed by atoms with Crippen molar-refractivity contribution in [1.29, 1.82) is 0 Å². The first-order chi connectivity index (χ1) is 8.88. The Kier molecular flexibility index (Phi) is 3.50. The molecule has 0 amide bonds. The fourth-order valence-corrected chi connectivity index (χ4v) is 2.05. The van der Waals surface area contributed by atoms with Crippen LogP contribution in [0.3, 0.4) is 0 Å². The highest BCUT2D eigenvalue weighted by atomic mass is 19.4. The van der Waals surface area contributed by atoms with Crippen LogP contribution in [0.4, 0.5) is 13.2 Å². The number of hydrogen-bond acceptors (Lipinski definition) is 1. The molecule has 1 heterocycles. The molecule has 0 aliphatic rings. The monoisotopic (exact) mass is 271 g/mol. The Balaban J connectivity index is 2.26. The van der Waals surface area contributed by atoms with Crippen molar-refractivity contribution in [3.05, 3.63) is 36.0 Å². The maximum absolute atomic E-state index is 12.1. The molecule has 0 atom stereocenters. The number of aromatic carboxylic acids is 1. The third-order valence-corrected chi connectivity index (χ3v) is 2.88. The Morgan fingerprint density at radius 2 is 1.95 bits per heavy atom. The Hall–Kier alpha value is -1.98. The molecule has 0 radical (unpaired) electrons. The smallest absolute Gasteiger partial charge is 0.389 e. The lowest BCUT2D eigenvalue weighted by Crippen LogP contribution is -2.09. The van der Waals surface area contributed by atoms with Crippen LogP contribution < -0.4 is 0 Å². The predicted molar refractivity (Wildman–Crippen MR) is 64.2 cm³/mol. The number of fused-ring (bicyclic) bond motifs is 1. The molecule has 1 aromatic heterocycles. The minimum atomic E-state index is -4.18. The summed E-state index contributed by atoms with van der Waals surface area (Å²) in [6.07, 6.45) is -3.73. The molecule has 2 aromatic rings. The number of nitrogens with zero attached hydrogens (tertiary/aromatic N) is 1. The van der Waals surface area contributed by atoms with Crippen molar-refractivity contribution in [2.75, 3.05) is 0 Å². The van der Waals surface area contributed by atoms with E-state index in [1.807, 2.05) is 0 Å². The number of aryl methyl sites for hydroxylation is 1. The van der Waals surface area contributed by atoms with Gasteiger partial charge >= 0.3 is 12.1 Å². The van der Waals surface area contributed by atoms with Gasteiger partial charge in [-0.1, -0.05) is 18.2 Å². The van der Waals surface area contributed by atoms with Crippen LogP contribution in [0.25, 0.3) is 10.9 Å². The Morgan fingerprint density at radius 3 is 2.58 bits per heavy atom.